The van der Waals surface area contributed by atoms with Crippen LogP contribution >= 0.6 is 46.4 Å². The normalized spacial score (nSPS) is 21.2. The van der Waals surface area contributed by atoms with Gasteiger partial charge in [-0.1, -0.05) is 66.0 Å². The molecule has 6 heterocycles. The van der Waals surface area contributed by atoms with Crippen molar-refractivity contribution in [3.05, 3.63) is 90.4 Å². The number of nitrogens with one attached hydrogen (secondary N) is 1. The lowest BCUT2D eigenvalue weighted by molar-refractivity contribution is -0.143. The van der Waals surface area contributed by atoms with Crippen LogP contribution in [0, 0.1) is 37.5 Å². The number of methoxy groups -OCH3 is 2. The smallest absolute Gasteiger partial charge is 0.436 e. The molecule has 2 aromatic heterocycles. The molecule has 0 aliphatic carbocycles. The number of nitrogens with zero attached hydrogens (tertiary/aromatic N) is 7. The highest BCUT2D eigenvalue weighted by Gasteiger charge is 2.44. The molecule has 6 unspecified atom stereocenters. The number of likely N-dealkylation sites (tertiary alicyclic amines) is 3. The number of halogens is 10. The molecule has 4 aliphatic rings. The zero-order chi connectivity index (χ0) is 49.3. The Hall–Kier alpha value is -3.98. The summed E-state index contributed by atoms with van der Waals surface area (Å²) in [5.41, 5.74) is 0.0884. The van der Waals surface area contributed by atoms with E-state index < -0.39 is 46.3 Å². The predicted octanol–water partition coefficient (Wildman–Crippen LogP) is 9.82. The van der Waals surface area contributed by atoms with E-state index >= 15 is 0 Å². The summed E-state index contributed by atoms with van der Waals surface area (Å²) in [4.78, 5) is 29.8. The number of fused-ring (bicyclic) bond motifs is 2. The first kappa shape index (κ1) is 55.0. The van der Waals surface area contributed by atoms with Gasteiger partial charge < -0.3 is 24.8 Å². The molecule has 1 amide bonds. The van der Waals surface area contributed by atoms with Gasteiger partial charge in [0.15, 0.2) is 11.4 Å². The second-order valence-corrected chi connectivity index (χ2v) is 18.8. The minimum atomic E-state index is -4.68. The van der Waals surface area contributed by atoms with Crippen molar-refractivity contribution in [3.63, 3.8) is 0 Å². The summed E-state index contributed by atoms with van der Waals surface area (Å²) in [6.07, 6.45) is -9.33. The molecule has 0 saturated carbocycles. The van der Waals surface area contributed by atoms with Gasteiger partial charge in [0.1, 0.15) is 24.6 Å². The second kappa shape index (κ2) is 22.4. The summed E-state index contributed by atoms with van der Waals surface area (Å²) in [6.45, 7) is 13.8. The number of aliphatic carboxylic acids is 1. The first-order valence-corrected chi connectivity index (χ1v) is 22.9. The van der Waals surface area contributed by atoms with Crippen LogP contribution in [-0.4, -0.2) is 118 Å². The molecule has 4 aromatic rings. The summed E-state index contributed by atoms with van der Waals surface area (Å²) in [5, 5.41) is 18.8. The lowest BCUT2D eigenvalue weighted by Gasteiger charge is -2.27. The number of rotatable bonds is 10. The molecule has 4 fully saturated rings. The molecule has 68 heavy (non-hydrogen) atoms. The Bertz CT molecular complexity index is 2390. The Morgan fingerprint density at radius 2 is 1.07 bits per heavy atom. The molecule has 4 saturated heterocycles. The molecule has 8 rings (SSSR count). The topological polar surface area (TPSA) is 130 Å². The number of benzene rings is 2. The highest BCUT2D eigenvalue weighted by molar-refractivity contribution is 6.33. The SMILES string of the molecule is C.COc1cc(C(C)N2CC3CN(C(=O)Cn4nc(C(F)(F)F)c(Cl)c4C)CC3C2)ccc1Cl.COc1cc(C(C)N2CC3CNCC3C2)ccc1Cl.Cc1c(Cl)c(C(F)(F)F)nn1CC(=O)O. The summed E-state index contributed by atoms with van der Waals surface area (Å²) in [5.74, 6) is 2.17. The molecule has 2 aromatic carbocycles. The molecule has 0 radical (unpaired) electrons. The minimum absolute atomic E-state index is 0. The number of ether oxygens (including phenoxy) is 2. The van der Waals surface area contributed by atoms with Crippen molar-refractivity contribution in [1.82, 2.24) is 39.6 Å². The number of amides is 1. The molecule has 13 nitrogen and oxygen atoms in total. The molecular weight excluding hydrogens is 988 g/mol. The molecule has 23 heteroatoms. The summed E-state index contributed by atoms with van der Waals surface area (Å²) >= 11 is 23.4. The maximum atomic E-state index is 13.0. The van der Waals surface area contributed by atoms with Crippen LogP contribution in [0.4, 0.5) is 26.3 Å². The van der Waals surface area contributed by atoms with Gasteiger partial charge in [0.2, 0.25) is 5.91 Å². The molecule has 0 bridgehead atoms. The zero-order valence-electron chi connectivity index (χ0n) is 37.5. The molecule has 0 spiro atoms. The van der Waals surface area contributed by atoms with Crippen LogP contribution in [0.2, 0.25) is 20.1 Å². The maximum Gasteiger partial charge on any atom is 0.436 e. The Kier molecular flexibility index (Phi) is 18.1. The Balaban J connectivity index is 0.000000209. The van der Waals surface area contributed by atoms with Gasteiger partial charge in [-0.05, 0) is 99.8 Å². The highest BCUT2D eigenvalue weighted by atomic mass is 35.5. The van der Waals surface area contributed by atoms with Crippen molar-refractivity contribution in [2.45, 2.75) is 72.6 Å². The van der Waals surface area contributed by atoms with Crippen LogP contribution in [0.25, 0.3) is 0 Å². The van der Waals surface area contributed by atoms with Crippen LogP contribution in [0.1, 0.15) is 67.3 Å². The first-order chi connectivity index (χ1) is 31.4. The fourth-order valence-electron chi connectivity index (χ4n) is 9.13. The van der Waals surface area contributed by atoms with Crippen molar-refractivity contribution in [2.24, 2.45) is 23.7 Å². The van der Waals surface area contributed by atoms with E-state index in [1.165, 1.54) is 45.6 Å². The van der Waals surface area contributed by atoms with Crippen molar-refractivity contribution in [1.29, 1.82) is 0 Å². The lowest BCUT2D eigenvalue weighted by atomic mass is 10.0. The van der Waals surface area contributed by atoms with Crippen LogP contribution in [-0.2, 0) is 35.0 Å². The maximum absolute atomic E-state index is 13.0. The monoisotopic (exact) mass is 1040 g/mol. The number of hydrogen-bond acceptors (Lipinski definition) is 9. The van der Waals surface area contributed by atoms with Gasteiger partial charge in [-0.3, -0.25) is 28.8 Å². The average molecular weight is 1040 g/mol. The first-order valence-electron chi connectivity index (χ1n) is 21.4. The minimum Gasteiger partial charge on any atom is -0.495 e. The van der Waals surface area contributed by atoms with Gasteiger partial charge in [-0.15, -0.1) is 0 Å². The lowest BCUT2D eigenvalue weighted by Crippen LogP contribution is -2.36. The summed E-state index contributed by atoms with van der Waals surface area (Å²) < 4.78 is 88.3. The molecule has 2 N–H and O–H groups in total. The predicted molar refractivity (Wildman–Crippen MR) is 248 cm³/mol. The van der Waals surface area contributed by atoms with Gasteiger partial charge in [0, 0.05) is 51.4 Å². The highest BCUT2D eigenvalue weighted by Crippen LogP contribution is 2.40. The van der Waals surface area contributed by atoms with E-state index in [-0.39, 0.29) is 37.3 Å². The number of carbonyl (C=O) groups is 2. The Labute approximate surface area is 411 Å². The van der Waals surface area contributed by atoms with E-state index in [2.05, 4.69) is 51.3 Å². The van der Waals surface area contributed by atoms with Gasteiger partial charge >= 0.3 is 18.3 Å². The second-order valence-electron chi connectivity index (χ2n) is 17.2. The van der Waals surface area contributed by atoms with Crippen molar-refractivity contribution < 1.29 is 50.5 Å². The number of hydrogen-bond donors (Lipinski definition) is 2. The van der Waals surface area contributed by atoms with E-state index in [0.717, 1.165) is 40.9 Å². The quantitative estimate of drug-likeness (QED) is 0.148. The standard InChI is InChI=1S/C22H25Cl2F3N4O2.C15H21ClN2O.C7H6ClF3N2O2.CH4/c1-12(14-4-5-17(23)18(6-14)33-3)29-7-15-9-30(10-16(15)8-29)19(32)11-31-13(2)20(24)21(28-31)22(25,26)27;1-10(11-3-4-14(16)15(5-11)19-2)18-8-12-6-17-7-13(12)9-18;1-3-5(8)6(7(9,10)11)12-13(3)2-4(14)15;/h4-6,12,15-16H,7-11H2,1-3H3;3-5,10,12-13,17H,6-9H2,1-2H3;2H2,1H3,(H,14,15);1H4. The number of aromatic nitrogens is 4. The Morgan fingerprint density at radius 3 is 1.43 bits per heavy atom. The third-order valence-corrected chi connectivity index (χ3v) is 14.6. The largest absolute Gasteiger partial charge is 0.495 e. The summed E-state index contributed by atoms with van der Waals surface area (Å²) in [7, 11) is 3.26. The zero-order valence-corrected chi connectivity index (χ0v) is 40.5. The van der Waals surface area contributed by atoms with Gasteiger partial charge in [-0.25, -0.2) is 0 Å². The van der Waals surface area contributed by atoms with E-state index in [9.17, 15) is 35.9 Å². The number of carbonyl (C=O) groups excluding carboxylic acids is 1. The van der Waals surface area contributed by atoms with Crippen molar-refractivity contribution in [2.75, 3.05) is 66.6 Å². The van der Waals surface area contributed by atoms with Crippen LogP contribution < -0.4 is 14.8 Å². The summed E-state index contributed by atoms with van der Waals surface area (Å²) in [6, 6.07) is 12.5. The molecule has 4 aliphatic heterocycles. The molecule has 376 valence electrons. The average Bonchev–Trinajstić information content (AvgIpc) is 4.12. The fraction of sp³-hybridized carbons (Fsp3) is 0.556. The van der Waals surface area contributed by atoms with Crippen molar-refractivity contribution >= 4 is 58.3 Å². The van der Waals surface area contributed by atoms with E-state index in [1.807, 2.05) is 24.3 Å². The van der Waals surface area contributed by atoms with Crippen LogP contribution in [0.5, 0.6) is 11.5 Å². The third-order valence-electron chi connectivity index (χ3n) is 13.1. The van der Waals surface area contributed by atoms with Gasteiger partial charge in [-0.2, -0.15) is 36.5 Å². The number of carboxylic acid groups (broad SMARTS) is 1. The van der Waals surface area contributed by atoms with Crippen molar-refractivity contribution in [3.8, 4) is 11.5 Å². The van der Waals surface area contributed by atoms with Crippen LogP contribution in [0.3, 0.4) is 0 Å². The van der Waals surface area contributed by atoms with Crippen LogP contribution in [0.15, 0.2) is 36.4 Å². The molecular formula is C45H56Cl4F6N8O5. The Morgan fingerprint density at radius 1 is 0.691 bits per heavy atom. The van der Waals surface area contributed by atoms with E-state index in [1.54, 1.807) is 19.1 Å². The number of carboxylic acids is 1. The molecule has 6 atom stereocenters. The third kappa shape index (κ3) is 12.5. The van der Waals surface area contributed by atoms with Gasteiger partial charge in [0.05, 0.1) is 45.7 Å². The fourth-order valence-corrected chi connectivity index (χ4v) is 10.0. The van der Waals surface area contributed by atoms with E-state index in [0.29, 0.717) is 51.4 Å². The van der Waals surface area contributed by atoms with E-state index in [4.69, 9.17) is 61.0 Å². The number of alkyl halides is 6. The van der Waals surface area contributed by atoms with Gasteiger partial charge in [0.25, 0.3) is 0 Å².